The first-order chi connectivity index (χ1) is 7.67. The summed E-state index contributed by atoms with van der Waals surface area (Å²) in [7, 11) is 1.51. The Hall–Kier alpha value is -1.35. The third-order valence-electron chi connectivity index (χ3n) is 2.54. The van der Waals surface area contributed by atoms with E-state index in [1.807, 2.05) is 6.92 Å². The summed E-state index contributed by atoms with van der Waals surface area (Å²) in [6.45, 7) is 4.20. The van der Waals surface area contributed by atoms with Crippen molar-refractivity contribution in [3.05, 3.63) is 35.4 Å². The van der Waals surface area contributed by atoms with Gasteiger partial charge in [0.2, 0.25) is 5.91 Å². The fourth-order valence-corrected chi connectivity index (χ4v) is 1.54. The minimum absolute atomic E-state index is 0.0218. The summed E-state index contributed by atoms with van der Waals surface area (Å²) >= 11 is 0. The van der Waals surface area contributed by atoms with Crippen LogP contribution < -0.4 is 5.32 Å². The van der Waals surface area contributed by atoms with Crippen molar-refractivity contribution in [2.75, 3.05) is 13.7 Å². The van der Waals surface area contributed by atoms with Crippen LogP contribution in [0.4, 0.5) is 0 Å². The van der Waals surface area contributed by atoms with Crippen LogP contribution in [0.1, 0.15) is 31.0 Å². The lowest BCUT2D eigenvalue weighted by atomic mass is 10.1. The van der Waals surface area contributed by atoms with Gasteiger partial charge < -0.3 is 10.1 Å². The highest BCUT2D eigenvalue weighted by Gasteiger charge is 2.08. The average Bonchev–Trinajstić information content (AvgIpc) is 2.29. The van der Waals surface area contributed by atoms with Gasteiger partial charge in [-0.25, -0.2) is 0 Å². The average molecular weight is 221 g/mol. The molecule has 1 amide bonds. The Bertz CT molecular complexity index is 332. The van der Waals surface area contributed by atoms with Crippen molar-refractivity contribution in [2.24, 2.45) is 0 Å². The van der Waals surface area contributed by atoms with Crippen molar-refractivity contribution in [1.82, 2.24) is 5.32 Å². The van der Waals surface area contributed by atoms with Crippen LogP contribution in [0.5, 0.6) is 0 Å². The lowest BCUT2D eigenvalue weighted by Crippen LogP contribution is -2.29. The maximum Gasteiger partial charge on any atom is 0.246 e. The minimum atomic E-state index is -0.0884. The number of methoxy groups -OCH3 is 1. The molecule has 3 heteroatoms. The van der Waals surface area contributed by atoms with E-state index in [4.69, 9.17) is 4.74 Å². The topological polar surface area (TPSA) is 38.3 Å². The predicted octanol–water partition coefficient (Wildman–Crippen LogP) is 2.07. The SMILES string of the molecule is CCc1ccc([C@@H](C)NC(=O)COC)cc1. The fourth-order valence-electron chi connectivity index (χ4n) is 1.54. The Morgan fingerprint density at radius 2 is 2.00 bits per heavy atom. The summed E-state index contributed by atoms with van der Waals surface area (Å²) in [5.74, 6) is -0.0884. The molecule has 0 saturated heterocycles. The maximum atomic E-state index is 11.3. The Kier molecular flexibility index (Phi) is 4.99. The van der Waals surface area contributed by atoms with Gasteiger partial charge in [-0.3, -0.25) is 4.79 Å². The maximum absolute atomic E-state index is 11.3. The van der Waals surface area contributed by atoms with E-state index < -0.39 is 0 Å². The zero-order valence-corrected chi connectivity index (χ0v) is 10.1. The van der Waals surface area contributed by atoms with Gasteiger partial charge in [0, 0.05) is 7.11 Å². The second kappa shape index (κ2) is 6.28. The summed E-state index contributed by atoms with van der Waals surface area (Å²) in [6, 6.07) is 8.31. The number of carbonyl (C=O) groups excluding carboxylic acids is 1. The molecule has 1 N–H and O–H groups in total. The second-order valence-corrected chi connectivity index (χ2v) is 3.82. The first-order valence-electron chi connectivity index (χ1n) is 5.54. The van der Waals surface area contributed by atoms with E-state index in [0.717, 1.165) is 12.0 Å². The van der Waals surface area contributed by atoms with Crippen molar-refractivity contribution in [2.45, 2.75) is 26.3 Å². The van der Waals surface area contributed by atoms with Gasteiger partial charge in [0.05, 0.1) is 6.04 Å². The molecule has 0 aliphatic rings. The highest BCUT2D eigenvalue weighted by Crippen LogP contribution is 2.13. The molecule has 0 heterocycles. The number of hydrogen-bond acceptors (Lipinski definition) is 2. The van der Waals surface area contributed by atoms with Crippen LogP contribution in [0.25, 0.3) is 0 Å². The summed E-state index contributed by atoms with van der Waals surface area (Å²) in [5.41, 5.74) is 2.42. The Morgan fingerprint density at radius 1 is 1.38 bits per heavy atom. The van der Waals surface area contributed by atoms with Gasteiger partial charge in [-0.05, 0) is 24.5 Å². The molecule has 0 spiro atoms. The standard InChI is InChI=1S/C13H19NO2/c1-4-11-5-7-12(8-6-11)10(2)14-13(15)9-16-3/h5-8,10H,4,9H2,1-3H3,(H,14,15)/t10-/m1/s1. The van der Waals surface area contributed by atoms with Crippen molar-refractivity contribution in [3.8, 4) is 0 Å². The van der Waals surface area contributed by atoms with Gasteiger partial charge in [-0.15, -0.1) is 0 Å². The predicted molar refractivity (Wildman–Crippen MR) is 64.3 cm³/mol. The molecule has 3 nitrogen and oxygen atoms in total. The van der Waals surface area contributed by atoms with Gasteiger partial charge in [0.1, 0.15) is 6.61 Å². The molecule has 0 bridgehead atoms. The van der Waals surface area contributed by atoms with Crippen LogP contribution in [0, 0.1) is 0 Å². The van der Waals surface area contributed by atoms with Gasteiger partial charge in [-0.1, -0.05) is 31.2 Å². The largest absolute Gasteiger partial charge is 0.375 e. The van der Waals surface area contributed by atoms with Gasteiger partial charge >= 0.3 is 0 Å². The molecule has 16 heavy (non-hydrogen) atoms. The summed E-state index contributed by atoms with van der Waals surface area (Å²) in [5, 5.41) is 2.87. The van der Waals surface area contributed by atoms with Gasteiger partial charge in [-0.2, -0.15) is 0 Å². The lowest BCUT2D eigenvalue weighted by Gasteiger charge is -2.14. The smallest absolute Gasteiger partial charge is 0.246 e. The first-order valence-corrected chi connectivity index (χ1v) is 5.54. The van der Waals surface area contributed by atoms with Gasteiger partial charge in [0.15, 0.2) is 0 Å². The van der Waals surface area contributed by atoms with E-state index in [9.17, 15) is 4.79 Å². The highest BCUT2D eigenvalue weighted by atomic mass is 16.5. The molecule has 1 rings (SSSR count). The first kappa shape index (κ1) is 12.7. The third kappa shape index (κ3) is 3.66. The lowest BCUT2D eigenvalue weighted by molar-refractivity contribution is -0.125. The molecule has 88 valence electrons. The van der Waals surface area contributed by atoms with Gasteiger partial charge in [0.25, 0.3) is 0 Å². The van der Waals surface area contributed by atoms with Crippen LogP contribution in [0.3, 0.4) is 0 Å². The Morgan fingerprint density at radius 3 is 2.50 bits per heavy atom. The molecule has 0 radical (unpaired) electrons. The van der Waals surface area contributed by atoms with E-state index in [0.29, 0.717) is 0 Å². The van der Waals surface area contributed by atoms with E-state index in [1.165, 1.54) is 12.7 Å². The number of amides is 1. The van der Waals surface area contributed by atoms with Crippen molar-refractivity contribution in [1.29, 1.82) is 0 Å². The number of ether oxygens (including phenoxy) is 1. The minimum Gasteiger partial charge on any atom is -0.375 e. The number of hydrogen-bond donors (Lipinski definition) is 1. The molecule has 0 saturated carbocycles. The van der Waals surface area contributed by atoms with Crippen LogP contribution in [0.2, 0.25) is 0 Å². The molecular formula is C13H19NO2. The van der Waals surface area contributed by atoms with Crippen LogP contribution in [0.15, 0.2) is 24.3 Å². The Labute approximate surface area is 96.8 Å². The van der Waals surface area contributed by atoms with Crippen LogP contribution in [-0.4, -0.2) is 19.6 Å². The van der Waals surface area contributed by atoms with Crippen LogP contribution >= 0.6 is 0 Å². The molecule has 0 aliphatic carbocycles. The Balaban J connectivity index is 2.58. The molecule has 0 aliphatic heterocycles. The van der Waals surface area contributed by atoms with E-state index in [-0.39, 0.29) is 18.6 Å². The van der Waals surface area contributed by atoms with Crippen LogP contribution in [-0.2, 0) is 16.0 Å². The molecule has 1 aromatic carbocycles. The van der Waals surface area contributed by atoms with Crippen molar-refractivity contribution < 1.29 is 9.53 Å². The zero-order chi connectivity index (χ0) is 12.0. The molecule has 0 fully saturated rings. The third-order valence-corrected chi connectivity index (χ3v) is 2.54. The monoisotopic (exact) mass is 221 g/mol. The number of nitrogens with one attached hydrogen (secondary N) is 1. The molecular weight excluding hydrogens is 202 g/mol. The number of rotatable bonds is 5. The summed E-state index contributed by atoms with van der Waals surface area (Å²) < 4.78 is 4.76. The number of benzene rings is 1. The highest BCUT2D eigenvalue weighted by molar-refractivity contribution is 5.77. The molecule has 1 atom stereocenters. The van der Waals surface area contributed by atoms with E-state index in [2.05, 4.69) is 36.5 Å². The normalized spacial score (nSPS) is 12.2. The van der Waals surface area contributed by atoms with Crippen molar-refractivity contribution >= 4 is 5.91 Å². The molecule has 0 aromatic heterocycles. The summed E-state index contributed by atoms with van der Waals surface area (Å²) in [6.07, 6.45) is 1.03. The quantitative estimate of drug-likeness (QED) is 0.826. The molecule has 0 unspecified atom stereocenters. The van der Waals surface area contributed by atoms with Crippen molar-refractivity contribution in [3.63, 3.8) is 0 Å². The summed E-state index contributed by atoms with van der Waals surface area (Å²) in [4.78, 5) is 11.3. The van der Waals surface area contributed by atoms with E-state index in [1.54, 1.807) is 0 Å². The molecule has 1 aromatic rings. The fraction of sp³-hybridized carbons (Fsp3) is 0.462. The number of aryl methyl sites for hydroxylation is 1. The number of carbonyl (C=O) groups is 1. The second-order valence-electron chi connectivity index (χ2n) is 3.82. The van der Waals surface area contributed by atoms with E-state index >= 15 is 0 Å². The zero-order valence-electron chi connectivity index (χ0n) is 10.1.